The minimum absolute atomic E-state index is 0.00551. The third-order valence-electron chi connectivity index (χ3n) is 3.96. The summed E-state index contributed by atoms with van der Waals surface area (Å²) in [6.07, 6.45) is 3.48. The van der Waals surface area contributed by atoms with Gasteiger partial charge in [0.1, 0.15) is 0 Å². The molecule has 3 nitrogen and oxygen atoms in total. The van der Waals surface area contributed by atoms with Crippen LogP contribution in [-0.4, -0.2) is 28.9 Å². The van der Waals surface area contributed by atoms with Gasteiger partial charge in [0, 0.05) is 12.6 Å². The first-order valence-electron chi connectivity index (χ1n) is 7.33. The van der Waals surface area contributed by atoms with Gasteiger partial charge in [-0.1, -0.05) is 25.1 Å². The van der Waals surface area contributed by atoms with E-state index >= 15 is 0 Å². The first-order valence-corrected chi connectivity index (χ1v) is 7.33. The van der Waals surface area contributed by atoms with E-state index < -0.39 is 6.10 Å². The predicted octanol–water partition coefficient (Wildman–Crippen LogP) is 1.96. The molecule has 1 aliphatic rings. The van der Waals surface area contributed by atoms with E-state index in [1.54, 1.807) is 6.92 Å². The van der Waals surface area contributed by atoms with Crippen molar-refractivity contribution in [1.29, 1.82) is 0 Å². The van der Waals surface area contributed by atoms with Crippen molar-refractivity contribution >= 4 is 0 Å². The van der Waals surface area contributed by atoms with Crippen LogP contribution < -0.4 is 5.32 Å². The molecule has 0 spiro atoms. The summed E-state index contributed by atoms with van der Waals surface area (Å²) in [7, 11) is 0. The van der Waals surface area contributed by atoms with Gasteiger partial charge in [0.25, 0.3) is 0 Å². The normalized spacial score (nSPS) is 18.9. The van der Waals surface area contributed by atoms with Gasteiger partial charge in [-0.15, -0.1) is 0 Å². The standard InChI is InChI=1S/C16H25NO2/c1-3-15(17-10-11(2)18)16(19)14-8-7-12-5-4-6-13(12)9-14/h7-9,11,15-19H,3-6,10H2,1-2H3. The Bertz CT molecular complexity index is 417. The Morgan fingerprint density at radius 3 is 2.63 bits per heavy atom. The Hall–Kier alpha value is -0.900. The molecular formula is C16H25NO2. The largest absolute Gasteiger partial charge is 0.392 e. The molecule has 1 aliphatic carbocycles. The molecule has 0 aliphatic heterocycles. The van der Waals surface area contributed by atoms with E-state index in [0.717, 1.165) is 18.4 Å². The van der Waals surface area contributed by atoms with Gasteiger partial charge in [0.15, 0.2) is 0 Å². The first kappa shape index (κ1) is 14.5. The van der Waals surface area contributed by atoms with Crippen LogP contribution in [0.4, 0.5) is 0 Å². The molecule has 0 amide bonds. The fraction of sp³-hybridized carbons (Fsp3) is 0.625. The van der Waals surface area contributed by atoms with Crippen molar-refractivity contribution in [3.8, 4) is 0 Å². The van der Waals surface area contributed by atoms with Crippen LogP contribution in [0.3, 0.4) is 0 Å². The number of benzene rings is 1. The number of nitrogens with one attached hydrogen (secondary N) is 1. The number of rotatable bonds is 6. The highest BCUT2D eigenvalue weighted by atomic mass is 16.3. The molecular weight excluding hydrogens is 238 g/mol. The summed E-state index contributed by atoms with van der Waals surface area (Å²) in [6, 6.07) is 6.35. The zero-order valence-corrected chi connectivity index (χ0v) is 11.9. The smallest absolute Gasteiger partial charge is 0.0942 e. The fourth-order valence-corrected chi connectivity index (χ4v) is 2.81. The van der Waals surface area contributed by atoms with Crippen LogP contribution in [-0.2, 0) is 12.8 Å². The number of aryl methyl sites for hydroxylation is 2. The maximum atomic E-state index is 10.5. The van der Waals surface area contributed by atoms with Crippen LogP contribution in [0.15, 0.2) is 18.2 Å². The highest BCUT2D eigenvalue weighted by Crippen LogP contribution is 2.27. The zero-order chi connectivity index (χ0) is 13.8. The van der Waals surface area contributed by atoms with Crippen LogP contribution in [0.2, 0.25) is 0 Å². The Morgan fingerprint density at radius 2 is 1.95 bits per heavy atom. The Labute approximate surface area is 115 Å². The summed E-state index contributed by atoms with van der Waals surface area (Å²) < 4.78 is 0. The second-order valence-corrected chi connectivity index (χ2v) is 5.60. The molecule has 3 heteroatoms. The number of aliphatic hydroxyl groups excluding tert-OH is 2. The van der Waals surface area contributed by atoms with Gasteiger partial charge in [0.05, 0.1) is 12.2 Å². The molecule has 0 radical (unpaired) electrons. The summed E-state index contributed by atoms with van der Waals surface area (Å²) >= 11 is 0. The summed E-state index contributed by atoms with van der Waals surface area (Å²) in [6.45, 7) is 4.32. The number of aliphatic hydroxyl groups is 2. The van der Waals surface area contributed by atoms with Crippen molar-refractivity contribution in [2.75, 3.05) is 6.54 Å². The molecule has 0 bridgehead atoms. The van der Waals surface area contributed by atoms with Crippen LogP contribution in [0.25, 0.3) is 0 Å². The van der Waals surface area contributed by atoms with Crippen molar-refractivity contribution in [3.05, 3.63) is 34.9 Å². The van der Waals surface area contributed by atoms with E-state index in [1.807, 2.05) is 6.07 Å². The molecule has 0 saturated carbocycles. The minimum Gasteiger partial charge on any atom is -0.392 e. The SMILES string of the molecule is CCC(NCC(C)O)C(O)c1ccc2c(c1)CCC2. The summed E-state index contributed by atoms with van der Waals surface area (Å²) in [5.41, 5.74) is 3.81. The third kappa shape index (κ3) is 3.56. The van der Waals surface area contributed by atoms with Gasteiger partial charge in [-0.25, -0.2) is 0 Å². The van der Waals surface area contributed by atoms with E-state index in [4.69, 9.17) is 0 Å². The fourth-order valence-electron chi connectivity index (χ4n) is 2.81. The maximum absolute atomic E-state index is 10.5. The maximum Gasteiger partial charge on any atom is 0.0942 e. The van der Waals surface area contributed by atoms with E-state index in [-0.39, 0.29) is 12.1 Å². The third-order valence-corrected chi connectivity index (χ3v) is 3.96. The lowest BCUT2D eigenvalue weighted by Crippen LogP contribution is -2.38. The molecule has 0 aromatic heterocycles. The zero-order valence-electron chi connectivity index (χ0n) is 11.9. The molecule has 0 fully saturated rings. The van der Waals surface area contributed by atoms with E-state index in [1.165, 1.54) is 24.0 Å². The van der Waals surface area contributed by atoms with Crippen molar-refractivity contribution < 1.29 is 10.2 Å². The first-order chi connectivity index (χ1) is 9.11. The van der Waals surface area contributed by atoms with Crippen molar-refractivity contribution in [1.82, 2.24) is 5.32 Å². The summed E-state index contributed by atoms with van der Waals surface area (Å²) in [5, 5.41) is 23.0. The van der Waals surface area contributed by atoms with Crippen LogP contribution in [0, 0.1) is 0 Å². The average molecular weight is 263 g/mol. The highest BCUT2D eigenvalue weighted by molar-refractivity contribution is 5.36. The van der Waals surface area contributed by atoms with Crippen molar-refractivity contribution in [2.24, 2.45) is 0 Å². The van der Waals surface area contributed by atoms with Gasteiger partial charge in [0.2, 0.25) is 0 Å². The Balaban J connectivity index is 2.06. The molecule has 19 heavy (non-hydrogen) atoms. The Morgan fingerprint density at radius 1 is 1.21 bits per heavy atom. The molecule has 3 unspecified atom stereocenters. The Kier molecular flexibility index (Phi) is 4.97. The highest BCUT2D eigenvalue weighted by Gasteiger charge is 2.21. The van der Waals surface area contributed by atoms with Gasteiger partial charge >= 0.3 is 0 Å². The number of fused-ring (bicyclic) bond motifs is 1. The van der Waals surface area contributed by atoms with Crippen LogP contribution in [0.1, 0.15) is 49.5 Å². The second-order valence-electron chi connectivity index (χ2n) is 5.60. The van der Waals surface area contributed by atoms with Gasteiger partial charge < -0.3 is 15.5 Å². The van der Waals surface area contributed by atoms with Crippen LogP contribution >= 0.6 is 0 Å². The minimum atomic E-state index is -0.505. The molecule has 2 rings (SSSR count). The quantitative estimate of drug-likeness (QED) is 0.735. The van der Waals surface area contributed by atoms with E-state index in [9.17, 15) is 10.2 Å². The van der Waals surface area contributed by atoms with Gasteiger partial charge in [-0.3, -0.25) is 0 Å². The molecule has 3 atom stereocenters. The van der Waals surface area contributed by atoms with Gasteiger partial charge in [-0.2, -0.15) is 0 Å². The monoisotopic (exact) mass is 263 g/mol. The lowest BCUT2D eigenvalue weighted by Gasteiger charge is -2.24. The predicted molar refractivity (Wildman–Crippen MR) is 77.2 cm³/mol. The van der Waals surface area contributed by atoms with Crippen molar-refractivity contribution in [3.63, 3.8) is 0 Å². The molecule has 106 valence electrons. The molecule has 1 aromatic rings. The number of hydrogen-bond donors (Lipinski definition) is 3. The second kappa shape index (κ2) is 6.51. The number of hydrogen-bond acceptors (Lipinski definition) is 3. The molecule has 3 N–H and O–H groups in total. The van der Waals surface area contributed by atoms with Crippen LogP contribution in [0.5, 0.6) is 0 Å². The molecule has 0 heterocycles. The van der Waals surface area contributed by atoms with E-state index in [2.05, 4.69) is 24.4 Å². The lowest BCUT2D eigenvalue weighted by molar-refractivity contribution is 0.112. The topological polar surface area (TPSA) is 52.5 Å². The van der Waals surface area contributed by atoms with E-state index in [0.29, 0.717) is 6.54 Å². The lowest BCUT2D eigenvalue weighted by atomic mass is 9.97. The van der Waals surface area contributed by atoms with Crippen molar-refractivity contribution in [2.45, 2.75) is 57.8 Å². The van der Waals surface area contributed by atoms with Gasteiger partial charge in [-0.05, 0) is 49.3 Å². The average Bonchev–Trinajstić information content (AvgIpc) is 2.85. The summed E-state index contributed by atoms with van der Waals surface area (Å²) in [5.74, 6) is 0. The molecule has 0 saturated heterocycles. The molecule has 1 aromatic carbocycles. The summed E-state index contributed by atoms with van der Waals surface area (Å²) in [4.78, 5) is 0.